The second-order valence-corrected chi connectivity index (χ2v) is 10.3. The molecule has 1 fully saturated rings. The van der Waals surface area contributed by atoms with Crippen LogP contribution in [0.3, 0.4) is 0 Å². The molecule has 8 heteroatoms. The standard InChI is InChI=1S/C21H24Cl2N2O3S/c1-13-10-14(2)20(15(3)11-13)24-21(26)16-6-8-25(9-7-16)29(27,28)19-12-17(22)4-5-18(19)23/h4-5,10-12,16H,6-9H2,1-3H3,(H,24,26). The van der Waals surface area contributed by atoms with Crippen LogP contribution in [0.25, 0.3) is 0 Å². The van der Waals surface area contributed by atoms with E-state index in [-0.39, 0.29) is 34.8 Å². The number of hydrogen-bond acceptors (Lipinski definition) is 3. The fourth-order valence-corrected chi connectivity index (χ4v) is 5.98. The van der Waals surface area contributed by atoms with Gasteiger partial charge in [-0.05, 0) is 62.9 Å². The van der Waals surface area contributed by atoms with Crippen molar-refractivity contribution in [2.24, 2.45) is 5.92 Å². The summed E-state index contributed by atoms with van der Waals surface area (Å²) >= 11 is 12.0. The SMILES string of the molecule is Cc1cc(C)c(NC(=O)C2CCN(S(=O)(=O)c3cc(Cl)ccc3Cl)CC2)c(C)c1. The van der Waals surface area contributed by atoms with Crippen molar-refractivity contribution in [3.05, 3.63) is 57.1 Å². The molecule has 29 heavy (non-hydrogen) atoms. The molecule has 0 bridgehead atoms. The first-order valence-corrected chi connectivity index (χ1v) is 11.6. The Hall–Kier alpha value is -1.60. The molecule has 1 aliphatic heterocycles. The topological polar surface area (TPSA) is 66.5 Å². The fourth-order valence-electron chi connectivity index (χ4n) is 3.77. The van der Waals surface area contributed by atoms with E-state index in [1.54, 1.807) is 6.07 Å². The summed E-state index contributed by atoms with van der Waals surface area (Å²) in [5.41, 5.74) is 4.02. The minimum Gasteiger partial charge on any atom is -0.325 e. The summed E-state index contributed by atoms with van der Waals surface area (Å²) in [7, 11) is -3.76. The number of aryl methyl sites for hydroxylation is 3. The van der Waals surface area contributed by atoms with Crippen molar-refractivity contribution >= 4 is 44.8 Å². The van der Waals surface area contributed by atoms with Crippen LogP contribution >= 0.6 is 23.2 Å². The normalized spacial score (nSPS) is 16.0. The predicted octanol–water partition coefficient (Wildman–Crippen LogP) is 4.96. The molecule has 1 aliphatic rings. The lowest BCUT2D eigenvalue weighted by atomic mass is 9.96. The molecule has 0 radical (unpaired) electrons. The zero-order valence-electron chi connectivity index (χ0n) is 16.6. The highest BCUT2D eigenvalue weighted by atomic mass is 35.5. The summed E-state index contributed by atoms with van der Waals surface area (Å²) in [4.78, 5) is 12.8. The van der Waals surface area contributed by atoms with Crippen LogP contribution in [-0.4, -0.2) is 31.7 Å². The maximum atomic E-state index is 12.9. The number of anilines is 1. The number of sulfonamides is 1. The number of halogens is 2. The third-order valence-electron chi connectivity index (χ3n) is 5.26. The molecule has 156 valence electrons. The lowest BCUT2D eigenvalue weighted by molar-refractivity contribution is -0.120. The smallest absolute Gasteiger partial charge is 0.244 e. The molecule has 1 amide bonds. The van der Waals surface area contributed by atoms with Gasteiger partial charge in [0, 0.05) is 29.7 Å². The Labute approximate surface area is 182 Å². The number of amides is 1. The van der Waals surface area contributed by atoms with Crippen LogP contribution in [0.1, 0.15) is 29.5 Å². The van der Waals surface area contributed by atoms with Gasteiger partial charge in [0.2, 0.25) is 15.9 Å². The number of rotatable bonds is 4. The van der Waals surface area contributed by atoms with Crippen LogP contribution in [0.5, 0.6) is 0 Å². The number of carbonyl (C=O) groups excluding carboxylic acids is 1. The first kappa shape index (κ1) is 22.1. The highest BCUT2D eigenvalue weighted by Gasteiger charge is 2.33. The van der Waals surface area contributed by atoms with E-state index in [0.717, 1.165) is 22.4 Å². The monoisotopic (exact) mass is 454 g/mol. The molecule has 5 nitrogen and oxygen atoms in total. The summed E-state index contributed by atoms with van der Waals surface area (Å²) < 4.78 is 27.2. The average Bonchev–Trinajstić information content (AvgIpc) is 2.66. The second kappa shape index (κ2) is 8.64. The molecule has 3 rings (SSSR count). The van der Waals surface area contributed by atoms with Crippen molar-refractivity contribution in [1.82, 2.24) is 4.31 Å². The summed E-state index contributed by atoms with van der Waals surface area (Å²) in [5.74, 6) is -0.311. The van der Waals surface area contributed by atoms with Gasteiger partial charge >= 0.3 is 0 Å². The molecular weight excluding hydrogens is 431 g/mol. The van der Waals surface area contributed by atoms with E-state index >= 15 is 0 Å². The van der Waals surface area contributed by atoms with E-state index in [1.165, 1.54) is 16.4 Å². The summed E-state index contributed by atoms with van der Waals surface area (Å²) in [6, 6.07) is 8.46. The Kier molecular flexibility index (Phi) is 6.58. The highest BCUT2D eigenvalue weighted by Crippen LogP contribution is 2.31. The molecule has 2 aromatic carbocycles. The Bertz CT molecular complexity index is 1020. The second-order valence-electron chi connectivity index (χ2n) is 7.52. The average molecular weight is 455 g/mol. The van der Waals surface area contributed by atoms with Gasteiger partial charge in [0.15, 0.2) is 0 Å². The highest BCUT2D eigenvalue weighted by molar-refractivity contribution is 7.89. The zero-order chi connectivity index (χ0) is 21.3. The Morgan fingerprint density at radius 1 is 1.03 bits per heavy atom. The van der Waals surface area contributed by atoms with E-state index in [2.05, 4.69) is 5.32 Å². The largest absolute Gasteiger partial charge is 0.325 e. The van der Waals surface area contributed by atoms with Crippen LogP contribution in [-0.2, 0) is 14.8 Å². The molecule has 0 unspecified atom stereocenters. The molecular formula is C21H24Cl2N2O3S. The van der Waals surface area contributed by atoms with Crippen molar-refractivity contribution in [3.63, 3.8) is 0 Å². The van der Waals surface area contributed by atoms with Crippen LogP contribution in [0, 0.1) is 26.7 Å². The number of nitrogens with one attached hydrogen (secondary N) is 1. The van der Waals surface area contributed by atoms with Gasteiger partial charge in [-0.25, -0.2) is 8.42 Å². The molecule has 0 aliphatic carbocycles. The molecule has 1 saturated heterocycles. The van der Waals surface area contributed by atoms with Crippen molar-refractivity contribution in [2.75, 3.05) is 18.4 Å². The fraction of sp³-hybridized carbons (Fsp3) is 0.381. The van der Waals surface area contributed by atoms with Gasteiger partial charge in [0.05, 0.1) is 5.02 Å². The van der Waals surface area contributed by atoms with Gasteiger partial charge < -0.3 is 5.32 Å². The van der Waals surface area contributed by atoms with Crippen molar-refractivity contribution in [2.45, 2.75) is 38.5 Å². The summed E-state index contributed by atoms with van der Waals surface area (Å²) in [5, 5.41) is 3.48. The molecule has 0 spiro atoms. The van der Waals surface area contributed by atoms with Gasteiger partial charge in [0.25, 0.3) is 0 Å². The molecule has 1 N–H and O–H groups in total. The lowest BCUT2D eigenvalue weighted by Crippen LogP contribution is -2.41. The Balaban J connectivity index is 1.69. The van der Waals surface area contributed by atoms with E-state index in [4.69, 9.17) is 23.2 Å². The third-order valence-corrected chi connectivity index (χ3v) is 7.88. The number of piperidine rings is 1. The predicted molar refractivity (Wildman–Crippen MR) is 117 cm³/mol. The van der Waals surface area contributed by atoms with Crippen molar-refractivity contribution in [1.29, 1.82) is 0 Å². The quantitative estimate of drug-likeness (QED) is 0.709. The number of benzene rings is 2. The third kappa shape index (κ3) is 4.77. The van der Waals surface area contributed by atoms with Gasteiger partial charge in [-0.15, -0.1) is 0 Å². The molecule has 2 aromatic rings. The van der Waals surface area contributed by atoms with E-state index in [1.807, 2.05) is 32.9 Å². The lowest BCUT2D eigenvalue weighted by Gasteiger charge is -2.31. The molecule has 0 saturated carbocycles. The molecule has 0 aromatic heterocycles. The molecule has 1 heterocycles. The number of carbonyl (C=O) groups is 1. The minimum absolute atomic E-state index is 0.000438. The zero-order valence-corrected chi connectivity index (χ0v) is 19.0. The van der Waals surface area contributed by atoms with Gasteiger partial charge in [-0.1, -0.05) is 40.9 Å². The summed E-state index contributed by atoms with van der Waals surface area (Å²) in [6.07, 6.45) is 0.903. The van der Waals surface area contributed by atoms with E-state index in [0.29, 0.717) is 17.9 Å². The maximum absolute atomic E-state index is 12.9. The van der Waals surface area contributed by atoms with Gasteiger partial charge in [0.1, 0.15) is 4.90 Å². The Morgan fingerprint density at radius 2 is 1.62 bits per heavy atom. The minimum atomic E-state index is -3.76. The van der Waals surface area contributed by atoms with Crippen molar-refractivity contribution in [3.8, 4) is 0 Å². The van der Waals surface area contributed by atoms with Crippen molar-refractivity contribution < 1.29 is 13.2 Å². The maximum Gasteiger partial charge on any atom is 0.244 e. The number of hydrogen-bond donors (Lipinski definition) is 1. The van der Waals surface area contributed by atoms with E-state index < -0.39 is 10.0 Å². The van der Waals surface area contributed by atoms with Gasteiger partial charge in [-0.2, -0.15) is 4.31 Å². The molecule has 0 atom stereocenters. The van der Waals surface area contributed by atoms with Gasteiger partial charge in [-0.3, -0.25) is 4.79 Å². The van der Waals surface area contributed by atoms with E-state index in [9.17, 15) is 13.2 Å². The summed E-state index contributed by atoms with van der Waals surface area (Å²) in [6.45, 7) is 6.48. The number of nitrogens with zero attached hydrogens (tertiary/aromatic N) is 1. The Morgan fingerprint density at radius 3 is 2.21 bits per heavy atom. The first-order valence-electron chi connectivity index (χ1n) is 9.43. The first-order chi connectivity index (χ1) is 13.6. The van der Waals surface area contributed by atoms with Crippen LogP contribution < -0.4 is 5.32 Å². The van der Waals surface area contributed by atoms with Crippen LogP contribution in [0.15, 0.2) is 35.2 Å². The van der Waals surface area contributed by atoms with Crippen LogP contribution in [0.2, 0.25) is 10.0 Å². The van der Waals surface area contributed by atoms with Crippen LogP contribution in [0.4, 0.5) is 5.69 Å².